The number of carbonyl (C=O) groups is 3. The highest BCUT2D eigenvalue weighted by atomic mass is 16.5. The first-order valence-corrected chi connectivity index (χ1v) is 12.6. The van der Waals surface area contributed by atoms with Gasteiger partial charge in [0.25, 0.3) is 0 Å². The molecule has 10 heteroatoms. The van der Waals surface area contributed by atoms with Gasteiger partial charge in [-0.1, -0.05) is 50.3 Å². The van der Waals surface area contributed by atoms with E-state index in [4.69, 9.17) is 29.9 Å². The topological polar surface area (TPSA) is 154 Å². The number of aryl methyl sites for hydroxylation is 1. The van der Waals surface area contributed by atoms with E-state index in [0.29, 0.717) is 0 Å². The molecule has 4 N–H and O–H groups in total. The Morgan fingerprint density at radius 1 is 0.972 bits per heavy atom. The van der Waals surface area contributed by atoms with Gasteiger partial charge in [0.2, 0.25) is 0 Å². The molecule has 0 amide bonds. The van der Waals surface area contributed by atoms with Crippen LogP contribution in [-0.2, 0) is 25.5 Å². The summed E-state index contributed by atoms with van der Waals surface area (Å²) >= 11 is 0. The highest BCUT2D eigenvalue weighted by molar-refractivity contribution is 5.88. The van der Waals surface area contributed by atoms with Gasteiger partial charge >= 0.3 is 17.9 Å². The van der Waals surface area contributed by atoms with E-state index in [1.54, 1.807) is 0 Å². The lowest BCUT2D eigenvalue weighted by atomic mass is 9.85. The lowest BCUT2D eigenvalue weighted by molar-refractivity contribution is -0.170. The first kappa shape index (κ1) is 29.5. The highest BCUT2D eigenvalue weighted by Gasteiger charge is 2.40. The standard InChI is InChI=1S/C20H31NO2.C6H8O7/c1-2-6-18(7-3-1)10-11-19-8-4-5-9-20(19)23-17-14-21-12-15-22-16-13-21;7-3(8)1-6(13,5(11)12)2-4(9)10/h4-5,8-9,18H,1-3,6-7,10-17H2;13H,1-2H2,(H,7,8)(H,9,10)(H,11,12). The van der Waals surface area contributed by atoms with Crippen molar-refractivity contribution in [2.45, 2.75) is 63.4 Å². The molecule has 0 bridgehead atoms. The van der Waals surface area contributed by atoms with E-state index in [9.17, 15) is 14.4 Å². The van der Waals surface area contributed by atoms with Crippen LogP contribution in [0.1, 0.15) is 56.9 Å². The number of benzene rings is 1. The van der Waals surface area contributed by atoms with Crippen molar-refractivity contribution >= 4 is 17.9 Å². The Labute approximate surface area is 211 Å². The summed E-state index contributed by atoms with van der Waals surface area (Å²) in [5.74, 6) is -2.99. The van der Waals surface area contributed by atoms with Crippen LogP contribution in [0.25, 0.3) is 0 Å². The maximum Gasteiger partial charge on any atom is 0.336 e. The van der Waals surface area contributed by atoms with Crippen LogP contribution in [0.15, 0.2) is 24.3 Å². The first-order valence-electron chi connectivity index (χ1n) is 12.6. The SMILES string of the molecule is O=C(O)CC(O)(CC(=O)O)C(=O)O.c1ccc(OCCN2CCOCC2)c(CCC2CCCCC2)c1. The number of para-hydroxylation sites is 1. The van der Waals surface area contributed by atoms with Gasteiger partial charge in [0.15, 0.2) is 5.60 Å². The van der Waals surface area contributed by atoms with Crippen molar-refractivity contribution in [3.8, 4) is 5.75 Å². The highest BCUT2D eigenvalue weighted by Crippen LogP contribution is 2.29. The average Bonchev–Trinajstić information content (AvgIpc) is 2.84. The average molecular weight is 510 g/mol. The van der Waals surface area contributed by atoms with Crippen LogP contribution in [0.4, 0.5) is 0 Å². The first-order chi connectivity index (χ1) is 17.2. The molecule has 0 atom stereocenters. The van der Waals surface area contributed by atoms with E-state index in [2.05, 4.69) is 29.2 Å². The lowest BCUT2D eigenvalue weighted by Gasteiger charge is -2.26. The Balaban J connectivity index is 0.000000302. The normalized spacial score (nSPS) is 17.0. The summed E-state index contributed by atoms with van der Waals surface area (Å²) in [4.78, 5) is 32.9. The third-order valence-electron chi connectivity index (χ3n) is 6.57. The number of aliphatic carboxylic acids is 3. The maximum atomic E-state index is 10.3. The number of ether oxygens (including phenoxy) is 2. The molecule has 1 heterocycles. The summed E-state index contributed by atoms with van der Waals surface area (Å²) in [6.45, 7) is 5.57. The molecule has 10 nitrogen and oxygen atoms in total. The lowest BCUT2D eigenvalue weighted by Crippen LogP contribution is -2.42. The molecule has 0 spiro atoms. The number of hydrogen-bond acceptors (Lipinski definition) is 7. The molecular formula is C26H39NO9. The van der Waals surface area contributed by atoms with Crippen LogP contribution >= 0.6 is 0 Å². The van der Waals surface area contributed by atoms with Crippen LogP contribution in [0, 0.1) is 5.92 Å². The van der Waals surface area contributed by atoms with Crippen molar-refractivity contribution in [1.29, 1.82) is 0 Å². The molecule has 202 valence electrons. The van der Waals surface area contributed by atoms with Crippen LogP contribution in [0.5, 0.6) is 5.75 Å². The monoisotopic (exact) mass is 509 g/mol. The van der Waals surface area contributed by atoms with Gasteiger partial charge in [-0.3, -0.25) is 14.5 Å². The molecule has 0 radical (unpaired) electrons. The number of rotatable bonds is 12. The van der Waals surface area contributed by atoms with Gasteiger partial charge < -0.3 is 29.9 Å². The van der Waals surface area contributed by atoms with E-state index in [-0.39, 0.29) is 0 Å². The predicted octanol–water partition coefficient (Wildman–Crippen LogP) is 2.66. The summed E-state index contributed by atoms with van der Waals surface area (Å²) in [7, 11) is 0. The fraction of sp³-hybridized carbons (Fsp3) is 0.654. The predicted molar refractivity (Wildman–Crippen MR) is 131 cm³/mol. The van der Waals surface area contributed by atoms with Gasteiger partial charge in [-0.25, -0.2) is 4.79 Å². The summed E-state index contributed by atoms with van der Waals surface area (Å²) in [6, 6.07) is 8.61. The zero-order valence-corrected chi connectivity index (χ0v) is 20.8. The second-order valence-electron chi connectivity index (χ2n) is 9.43. The van der Waals surface area contributed by atoms with E-state index in [1.165, 1.54) is 50.5 Å². The molecule has 2 aliphatic rings. The van der Waals surface area contributed by atoms with Crippen LogP contribution < -0.4 is 4.74 Å². The van der Waals surface area contributed by atoms with Gasteiger partial charge in [-0.15, -0.1) is 0 Å². The molecule has 1 aromatic rings. The Bertz CT molecular complexity index is 816. The van der Waals surface area contributed by atoms with Gasteiger partial charge in [-0.2, -0.15) is 0 Å². The number of aliphatic hydroxyl groups is 1. The van der Waals surface area contributed by atoms with Crippen LogP contribution in [0.2, 0.25) is 0 Å². The summed E-state index contributed by atoms with van der Waals surface area (Å²) in [6.07, 6.45) is 7.37. The minimum Gasteiger partial charge on any atom is -0.492 e. The third-order valence-corrected chi connectivity index (χ3v) is 6.57. The molecule has 1 aromatic carbocycles. The molecule has 3 rings (SSSR count). The maximum absolute atomic E-state index is 10.3. The number of morpholine rings is 1. The largest absolute Gasteiger partial charge is 0.492 e. The minimum absolute atomic E-state index is 0.778. The molecular weight excluding hydrogens is 470 g/mol. The zero-order chi connectivity index (χ0) is 26.4. The van der Waals surface area contributed by atoms with Gasteiger partial charge in [0.1, 0.15) is 12.4 Å². The molecule has 1 aliphatic carbocycles. The Hall–Kier alpha value is -2.69. The van der Waals surface area contributed by atoms with Crippen molar-refractivity contribution in [2.75, 3.05) is 39.5 Å². The van der Waals surface area contributed by atoms with Crippen LogP contribution in [-0.4, -0.2) is 88.3 Å². The molecule has 1 saturated carbocycles. The Morgan fingerprint density at radius 2 is 1.58 bits per heavy atom. The van der Waals surface area contributed by atoms with E-state index >= 15 is 0 Å². The number of carboxylic acid groups (broad SMARTS) is 3. The summed E-state index contributed by atoms with van der Waals surface area (Å²) < 4.78 is 11.5. The van der Waals surface area contributed by atoms with E-state index < -0.39 is 36.4 Å². The number of hydrogen-bond donors (Lipinski definition) is 4. The molecule has 36 heavy (non-hydrogen) atoms. The second kappa shape index (κ2) is 15.4. The van der Waals surface area contributed by atoms with E-state index in [0.717, 1.165) is 51.1 Å². The van der Waals surface area contributed by atoms with Gasteiger partial charge in [0, 0.05) is 19.6 Å². The van der Waals surface area contributed by atoms with Crippen molar-refractivity contribution in [2.24, 2.45) is 5.92 Å². The fourth-order valence-electron chi connectivity index (χ4n) is 4.51. The van der Waals surface area contributed by atoms with Crippen molar-refractivity contribution in [1.82, 2.24) is 4.90 Å². The van der Waals surface area contributed by atoms with Gasteiger partial charge in [0.05, 0.1) is 26.1 Å². The smallest absolute Gasteiger partial charge is 0.336 e. The quantitative estimate of drug-likeness (QED) is 0.331. The third kappa shape index (κ3) is 10.9. The number of nitrogens with zero attached hydrogens (tertiary/aromatic N) is 1. The Morgan fingerprint density at radius 3 is 2.17 bits per heavy atom. The molecule has 1 saturated heterocycles. The van der Waals surface area contributed by atoms with E-state index in [1.807, 2.05) is 0 Å². The zero-order valence-electron chi connectivity index (χ0n) is 20.8. The Kier molecular flexibility index (Phi) is 12.7. The molecule has 1 aliphatic heterocycles. The second-order valence-corrected chi connectivity index (χ2v) is 9.43. The van der Waals surface area contributed by atoms with Crippen molar-refractivity contribution in [3.63, 3.8) is 0 Å². The molecule has 2 fully saturated rings. The molecule has 0 unspecified atom stereocenters. The number of carboxylic acids is 3. The van der Waals surface area contributed by atoms with Crippen molar-refractivity contribution in [3.05, 3.63) is 29.8 Å². The molecule has 0 aromatic heterocycles. The van der Waals surface area contributed by atoms with Gasteiger partial charge in [-0.05, 0) is 30.4 Å². The summed E-state index contributed by atoms with van der Waals surface area (Å²) in [5, 5.41) is 33.8. The fourth-order valence-corrected chi connectivity index (χ4v) is 4.51. The van der Waals surface area contributed by atoms with Crippen LogP contribution in [0.3, 0.4) is 0 Å². The summed E-state index contributed by atoms with van der Waals surface area (Å²) in [5.41, 5.74) is -1.35. The van der Waals surface area contributed by atoms with Crippen molar-refractivity contribution < 1.29 is 44.3 Å². The minimum atomic E-state index is -2.74.